The molecule has 0 saturated carbocycles. The van der Waals surface area contributed by atoms with Crippen molar-refractivity contribution in [2.75, 3.05) is 39.4 Å². The summed E-state index contributed by atoms with van der Waals surface area (Å²) in [4.78, 5) is 17.7. The molecule has 0 spiro atoms. The van der Waals surface area contributed by atoms with Crippen molar-refractivity contribution < 1.29 is 9.53 Å². The number of ether oxygens (including phenoxy) is 1. The SMILES string of the molecule is CCCn1ncc(C(=O)N2CCCC[C@@H]2CCN2CCOCC2)c1C. The van der Waals surface area contributed by atoms with Crippen molar-refractivity contribution in [3.05, 3.63) is 17.5 Å². The van der Waals surface area contributed by atoms with Crippen LogP contribution in [0.3, 0.4) is 0 Å². The van der Waals surface area contributed by atoms with Crippen LogP contribution in [-0.2, 0) is 11.3 Å². The van der Waals surface area contributed by atoms with Crippen LogP contribution >= 0.6 is 0 Å². The van der Waals surface area contributed by atoms with E-state index >= 15 is 0 Å². The second-order valence-electron chi connectivity index (χ2n) is 7.26. The summed E-state index contributed by atoms with van der Waals surface area (Å²) in [6.07, 6.45) is 7.32. The lowest BCUT2D eigenvalue weighted by Gasteiger charge is -2.37. The summed E-state index contributed by atoms with van der Waals surface area (Å²) >= 11 is 0. The average Bonchev–Trinajstić information content (AvgIpc) is 3.01. The third kappa shape index (κ3) is 4.42. The number of aryl methyl sites for hydroxylation is 1. The summed E-state index contributed by atoms with van der Waals surface area (Å²) < 4.78 is 7.39. The number of amides is 1. The van der Waals surface area contributed by atoms with Gasteiger partial charge in [0.25, 0.3) is 5.91 Å². The molecule has 1 atom stereocenters. The Morgan fingerprint density at radius 2 is 2.04 bits per heavy atom. The fourth-order valence-electron chi connectivity index (χ4n) is 3.97. The molecule has 0 aromatic carbocycles. The Hall–Kier alpha value is -1.40. The number of morpholine rings is 1. The van der Waals surface area contributed by atoms with Gasteiger partial charge in [-0.2, -0.15) is 5.10 Å². The van der Waals surface area contributed by atoms with Gasteiger partial charge in [-0.05, 0) is 39.0 Å². The minimum absolute atomic E-state index is 0.173. The van der Waals surface area contributed by atoms with Crippen LogP contribution in [0.4, 0.5) is 0 Å². The number of piperidine rings is 1. The van der Waals surface area contributed by atoms with Crippen molar-refractivity contribution in [3.63, 3.8) is 0 Å². The minimum atomic E-state index is 0.173. The number of likely N-dealkylation sites (tertiary alicyclic amines) is 1. The second-order valence-corrected chi connectivity index (χ2v) is 7.26. The molecule has 2 aliphatic heterocycles. The Kier molecular flexibility index (Phi) is 6.48. The van der Waals surface area contributed by atoms with Gasteiger partial charge in [-0.1, -0.05) is 6.92 Å². The number of carbonyl (C=O) groups is 1. The van der Waals surface area contributed by atoms with E-state index in [4.69, 9.17) is 4.74 Å². The standard InChI is InChI=1S/C19H32N4O2/c1-3-8-23-16(2)18(15-20-23)19(24)22-9-5-4-6-17(22)7-10-21-11-13-25-14-12-21/h15,17H,3-14H2,1-2H3/t17-/m1/s1. The first-order valence-electron chi connectivity index (χ1n) is 9.84. The lowest BCUT2D eigenvalue weighted by Crippen LogP contribution is -2.46. The molecule has 2 saturated heterocycles. The quantitative estimate of drug-likeness (QED) is 0.792. The zero-order chi connectivity index (χ0) is 17.6. The summed E-state index contributed by atoms with van der Waals surface area (Å²) in [5.74, 6) is 0.173. The van der Waals surface area contributed by atoms with Gasteiger partial charge in [0, 0.05) is 44.5 Å². The highest BCUT2D eigenvalue weighted by atomic mass is 16.5. The fraction of sp³-hybridized carbons (Fsp3) is 0.789. The van der Waals surface area contributed by atoms with E-state index < -0.39 is 0 Å². The molecule has 3 rings (SSSR count). The molecule has 3 heterocycles. The Balaban J connectivity index is 1.64. The summed E-state index contributed by atoms with van der Waals surface area (Å²) in [6.45, 7) is 10.7. The molecule has 25 heavy (non-hydrogen) atoms. The van der Waals surface area contributed by atoms with E-state index in [-0.39, 0.29) is 5.91 Å². The van der Waals surface area contributed by atoms with Crippen LogP contribution in [0.25, 0.3) is 0 Å². The first kappa shape index (κ1) is 18.4. The van der Waals surface area contributed by atoms with Crippen LogP contribution in [0.2, 0.25) is 0 Å². The molecule has 2 fully saturated rings. The molecule has 1 amide bonds. The van der Waals surface area contributed by atoms with Crippen molar-refractivity contribution in [2.24, 2.45) is 0 Å². The van der Waals surface area contributed by atoms with E-state index in [0.29, 0.717) is 6.04 Å². The van der Waals surface area contributed by atoms with E-state index in [1.165, 1.54) is 6.42 Å². The number of carbonyl (C=O) groups excluding carboxylic acids is 1. The predicted octanol–water partition coefficient (Wildman–Crippen LogP) is 2.32. The Morgan fingerprint density at radius 1 is 1.24 bits per heavy atom. The fourth-order valence-corrected chi connectivity index (χ4v) is 3.97. The van der Waals surface area contributed by atoms with Gasteiger partial charge in [-0.3, -0.25) is 14.4 Å². The first-order chi connectivity index (χ1) is 12.2. The van der Waals surface area contributed by atoms with Crippen molar-refractivity contribution in [3.8, 4) is 0 Å². The zero-order valence-corrected chi connectivity index (χ0v) is 15.7. The summed E-state index contributed by atoms with van der Waals surface area (Å²) in [7, 11) is 0. The van der Waals surface area contributed by atoms with E-state index in [0.717, 1.165) is 82.9 Å². The molecule has 1 aromatic rings. The Labute approximate surface area is 151 Å². The summed E-state index contributed by atoms with van der Waals surface area (Å²) in [5.41, 5.74) is 1.79. The van der Waals surface area contributed by atoms with Crippen LogP contribution in [0.1, 0.15) is 55.1 Å². The maximum Gasteiger partial charge on any atom is 0.257 e. The normalized spacial score (nSPS) is 22.3. The number of nitrogens with zero attached hydrogens (tertiary/aromatic N) is 4. The highest BCUT2D eigenvalue weighted by molar-refractivity contribution is 5.95. The molecule has 0 unspecified atom stereocenters. The molecule has 1 aromatic heterocycles. The Bertz CT molecular complexity index is 566. The van der Waals surface area contributed by atoms with Gasteiger partial charge in [0.2, 0.25) is 0 Å². The smallest absolute Gasteiger partial charge is 0.257 e. The van der Waals surface area contributed by atoms with Crippen molar-refractivity contribution in [1.82, 2.24) is 19.6 Å². The highest BCUT2D eigenvalue weighted by Gasteiger charge is 2.29. The number of hydrogen-bond donors (Lipinski definition) is 0. The molecule has 6 nitrogen and oxygen atoms in total. The second kappa shape index (κ2) is 8.81. The van der Waals surface area contributed by atoms with Crippen molar-refractivity contribution in [2.45, 2.75) is 58.5 Å². The van der Waals surface area contributed by atoms with Gasteiger partial charge in [0.15, 0.2) is 0 Å². The van der Waals surface area contributed by atoms with E-state index in [9.17, 15) is 4.79 Å². The van der Waals surface area contributed by atoms with E-state index in [1.54, 1.807) is 6.20 Å². The van der Waals surface area contributed by atoms with Gasteiger partial charge in [-0.15, -0.1) is 0 Å². The first-order valence-corrected chi connectivity index (χ1v) is 9.84. The largest absolute Gasteiger partial charge is 0.379 e. The molecule has 6 heteroatoms. The lowest BCUT2D eigenvalue weighted by molar-refractivity contribution is 0.0295. The van der Waals surface area contributed by atoms with Crippen LogP contribution in [0, 0.1) is 6.92 Å². The monoisotopic (exact) mass is 348 g/mol. The number of rotatable bonds is 6. The predicted molar refractivity (Wildman–Crippen MR) is 97.8 cm³/mol. The molecule has 0 bridgehead atoms. The topological polar surface area (TPSA) is 50.6 Å². The molecular formula is C19H32N4O2. The van der Waals surface area contributed by atoms with Crippen molar-refractivity contribution >= 4 is 5.91 Å². The van der Waals surface area contributed by atoms with Crippen LogP contribution < -0.4 is 0 Å². The minimum Gasteiger partial charge on any atom is -0.379 e. The number of hydrogen-bond acceptors (Lipinski definition) is 4. The third-order valence-electron chi connectivity index (χ3n) is 5.54. The molecule has 140 valence electrons. The molecular weight excluding hydrogens is 316 g/mol. The maximum absolute atomic E-state index is 13.1. The molecule has 0 aliphatic carbocycles. The van der Waals surface area contributed by atoms with Crippen LogP contribution in [0.5, 0.6) is 0 Å². The van der Waals surface area contributed by atoms with Gasteiger partial charge < -0.3 is 9.64 Å². The Morgan fingerprint density at radius 3 is 2.80 bits per heavy atom. The number of aromatic nitrogens is 2. The maximum atomic E-state index is 13.1. The molecule has 2 aliphatic rings. The molecule has 0 N–H and O–H groups in total. The summed E-state index contributed by atoms with van der Waals surface area (Å²) in [6, 6.07) is 0.359. The lowest BCUT2D eigenvalue weighted by atomic mass is 9.98. The van der Waals surface area contributed by atoms with E-state index in [1.807, 2.05) is 11.6 Å². The zero-order valence-electron chi connectivity index (χ0n) is 15.7. The average molecular weight is 348 g/mol. The van der Waals surface area contributed by atoms with Gasteiger partial charge >= 0.3 is 0 Å². The van der Waals surface area contributed by atoms with Crippen LogP contribution in [-0.4, -0.2) is 70.9 Å². The van der Waals surface area contributed by atoms with Gasteiger partial charge in [0.05, 0.1) is 25.0 Å². The van der Waals surface area contributed by atoms with Gasteiger partial charge in [0.1, 0.15) is 0 Å². The van der Waals surface area contributed by atoms with Gasteiger partial charge in [-0.25, -0.2) is 0 Å². The van der Waals surface area contributed by atoms with Crippen LogP contribution in [0.15, 0.2) is 6.20 Å². The van der Waals surface area contributed by atoms with Crippen molar-refractivity contribution in [1.29, 1.82) is 0 Å². The third-order valence-corrected chi connectivity index (χ3v) is 5.54. The highest BCUT2D eigenvalue weighted by Crippen LogP contribution is 2.23. The molecule has 0 radical (unpaired) electrons. The van der Waals surface area contributed by atoms with E-state index in [2.05, 4.69) is 21.8 Å². The summed E-state index contributed by atoms with van der Waals surface area (Å²) in [5, 5.41) is 4.41.